The second-order valence-electron chi connectivity index (χ2n) is 4.95. The van der Waals surface area contributed by atoms with Gasteiger partial charge >= 0.3 is 0 Å². The number of hydrogen-bond acceptors (Lipinski definition) is 3. The normalized spacial score (nSPS) is 20.4. The summed E-state index contributed by atoms with van der Waals surface area (Å²) in [6.07, 6.45) is 2.52. The molecule has 0 aliphatic carbocycles. The van der Waals surface area contributed by atoms with Crippen molar-refractivity contribution in [3.63, 3.8) is 0 Å². The highest BCUT2D eigenvalue weighted by Gasteiger charge is 2.17. The SMILES string of the molecule is CN1CCCC(CNc2ccc(Cl)cc2C#N)C1. The third-order valence-corrected chi connectivity index (χ3v) is 3.64. The van der Waals surface area contributed by atoms with Crippen LogP contribution in [0.4, 0.5) is 5.69 Å². The number of nitrogens with one attached hydrogen (secondary N) is 1. The van der Waals surface area contributed by atoms with Gasteiger partial charge in [-0.2, -0.15) is 5.26 Å². The second kappa shape index (κ2) is 6.08. The Bertz CT molecular complexity index is 453. The van der Waals surface area contributed by atoms with Crippen LogP contribution in [0, 0.1) is 17.2 Å². The lowest BCUT2D eigenvalue weighted by Gasteiger charge is -2.30. The van der Waals surface area contributed by atoms with Gasteiger partial charge < -0.3 is 10.2 Å². The zero-order valence-corrected chi connectivity index (χ0v) is 11.4. The van der Waals surface area contributed by atoms with Crippen molar-refractivity contribution in [3.05, 3.63) is 28.8 Å². The summed E-state index contributed by atoms with van der Waals surface area (Å²) in [7, 11) is 2.16. The van der Waals surface area contributed by atoms with E-state index in [4.69, 9.17) is 16.9 Å². The van der Waals surface area contributed by atoms with Crippen molar-refractivity contribution >= 4 is 17.3 Å². The second-order valence-corrected chi connectivity index (χ2v) is 5.39. The van der Waals surface area contributed by atoms with Gasteiger partial charge in [-0.1, -0.05) is 11.6 Å². The Hall–Kier alpha value is -1.24. The van der Waals surface area contributed by atoms with Crippen LogP contribution in [0.2, 0.25) is 5.02 Å². The molecule has 1 N–H and O–H groups in total. The first-order valence-corrected chi connectivity index (χ1v) is 6.69. The summed E-state index contributed by atoms with van der Waals surface area (Å²) < 4.78 is 0. The Balaban J connectivity index is 1.96. The Morgan fingerprint density at radius 3 is 3.11 bits per heavy atom. The molecule has 2 rings (SSSR count). The first-order chi connectivity index (χ1) is 8.69. The van der Waals surface area contributed by atoms with Crippen molar-refractivity contribution in [3.8, 4) is 6.07 Å². The van der Waals surface area contributed by atoms with Crippen molar-refractivity contribution in [1.29, 1.82) is 5.26 Å². The molecule has 1 heterocycles. The van der Waals surface area contributed by atoms with Gasteiger partial charge in [0, 0.05) is 18.1 Å². The van der Waals surface area contributed by atoms with E-state index in [9.17, 15) is 0 Å². The average Bonchev–Trinajstić information content (AvgIpc) is 2.37. The molecule has 1 atom stereocenters. The number of anilines is 1. The molecule has 1 unspecified atom stereocenters. The Kier molecular flexibility index (Phi) is 4.46. The molecule has 0 radical (unpaired) electrons. The van der Waals surface area contributed by atoms with Crippen molar-refractivity contribution in [1.82, 2.24) is 4.90 Å². The summed E-state index contributed by atoms with van der Waals surface area (Å²) >= 11 is 5.88. The molecule has 18 heavy (non-hydrogen) atoms. The van der Waals surface area contributed by atoms with Crippen LogP contribution < -0.4 is 5.32 Å². The standard InChI is InChI=1S/C14H18ClN3/c1-18-6-2-3-11(10-18)9-17-14-5-4-13(15)7-12(14)8-16/h4-5,7,11,17H,2-3,6,9-10H2,1H3. The summed E-state index contributed by atoms with van der Waals surface area (Å²) in [6, 6.07) is 7.58. The third-order valence-electron chi connectivity index (χ3n) is 3.41. The summed E-state index contributed by atoms with van der Waals surface area (Å²) in [5.74, 6) is 0.658. The summed E-state index contributed by atoms with van der Waals surface area (Å²) in [6.45, 7) is 3.24. The minimum atomic E-state index is 0.606. The zero-order chi connectivity index (χ0) is 13.0. The number of nitrogens with zero attached hydrogens (tertiary/aromatic N) is 2. The maximum atomic E-state index is 9.07. The smallest absolute Gasteiger partial charge is 0.101 e. The van der Waals surface area contributed by atoms with Crippen LogP contribution in [0.3, 0.4) is 0 Å². The number of piperidine rings is 1. The molecule has 1 aromatic rings. The molecule has 4 heteroatoms. The largest absolute Gasteiger partial charge is 0.384 e. The molecule has 1 fully saturated rings. The molecule has 0 spiro atoms. The first kappa shape index (κ1) is 13.2. The fourth-order valence-corrected chi connectivity index (χ4v) is 2.63. The minimum Gasteiger partial charge on any atom is -0.384 e. The van der Waals surface area contributed by atoms with E-state index in [1.54, 1.807) is 6.07 Å². The number of rotatable bonds is 3. The quantitative estimate of drug-likeness (QED) is 0.911. The molecule has 1 aromatic carbocycles. The summed E-state index contributed by atoms with van der Waals surface area (Å²) in [4.78, 5) is 2.36. The van der Waals surface area contributed by atoms with E-state index in [-0.39, 0.29) is 0 Å². The molecule has 96 valence electrons. The molecule has 3 nitrogen and oxygen atoms in total. The first-order valence-electron chi connectivity index (χ1n) is 6.31. The van der Waals surface area contributed by atoms with Gasteiger partial charge in [0.2, 0.25) is 0 Å². The van der Waals surface area contributed by atoms with Gasteiger partial charge in [-0.3, -0.25) is 0 Å². The Labute approximate surface area is 113 Å². The van der Waals surface area contributed by atoms with E-state index >= 15 is 0 Å². The Morgan fingerprint density at radius 2 is 2.39 bits per heavy atom. The number of nitriles is 1. The molecular formula is C14H18ClN3. The number of likely N-dealkylation sites (tertiary alicyclic amines) is 1. The number of halogens is 1. The predicted molar refractivity (Wildman–Crippen MR) is 74.9 cm³/mol. The van der Waals surface area contributed by atoms with E-state index < -0.39 is 0 Å². The average molecular weight is 264 g/mol. The molecule has 0 aromatic heterocycles. The van der Waals surface area contributed by atoms with E-state index in [1.807, 2.05) is 12.1 Å². The van der Waals surface area contributed by atoms with Crippen molar-refractivity contribution in [2.45, 2.75) is 12.8 Å². The monoisotopic (exact) mass is 263 g/mol. The molecule has 1 saturated heterocycles. The van der Waals surface area contributed by atoms with Crippen LogP contribution in [-0.2, 0) is 0 Å². The van der Waals surface area contributed by atoms with Gasteiger partial charge in [0.25, 0.3) is 0 Å². The molecule has 0 bridgehead atoms. The van der Waals surface area contributed by atoms with Crippen molar-refractivity contribution in [2.24, 2.45) is 5.92 Å². The van der Waals surface area contributed by atoms with E-state index in [2.05, 4.69) is 23.3 Å². The lowest BCUT2D eigenvalue weighted by Crippen LogP contribution is -2.35. The van der Waals surface area contributed by atoms with Crippen LogP contribution in [-0.4, -0.2) is 31.6 Å². The highest BCUT2D eigenvalue weighted by molar-refractivity contribution is 6.30. The molecular weight excluding hydrogens is 246 g/mol. The van der Waals surface area contributed by atoms with Crippen LogP contribution in [0.15, 0.2) is 18.2 Å². The molecule has 1 aliphatic heterocycles. The van der Waals surface area contributed by atoms with Crippen LogP contribution >= 0.6 is 11.6 Å². The summed E-state index contributed by atoms with van der Waals surface area (Å²) in [5.41, 5.74) is 1.50. The summed E-state index contributed by atoms with van der Waals surface area (Å²) in [5, 5.41) is 13.0. The van der Waals surface area contributed by atoms with Crippen LogP contribution in [0.5, 0.6) is 0 Å². The maximum Gasteiger partial charge on any atom is 0.101 e. The van der Waals surface area contributed by atoms with Gasteiger partial charge in [0.15, 0.2) is 0 Å². The fraction of sp³-hybridized carbons (Fsp3) is 0.500. The van der Waals surface area contributed by atoms with Gasteiger partial charge in [-0.25, -0.2) is 0 Å². The Morgan fingerprint density at radius 1 is 1.56 bits per heavy atom. The van der Waals surface area contributed by atoms with Gasteiger partial charge in [0.1, 0.15) is 6.07 Å². The third kappa shape index (κ3) is 3.38. The highest BCUT2D eigenvalue weighted by Crippen LogP contribution is 2.21. The zero-order valence-electron chi connectivity index (χ0n) is 10.6. The van der Waals surface area contributed by atoms with Crippen LogP contribution in [0.1, 0.15) is 18.4 Å². The molecule has 1 aliphatic rings. The lowest BCUT2D eigenvalue weighted by atomic mass is 9.98. The fourth-order valence-electron chi connectivity index (χ4n) is 2.46. The lowest BCUT2D eigenvalue weighted by molar-refractivity contribution is 0.217. The van der Waals surface area contributed by atoms with Crippen molar-refractivity contribution in [2.75, 3.05) is 32.0 Å². The molecule has 0 amide bonds. The topological polar surface area (TPSA) is 39.1 Å². The van der Waals surface area contributed by atoms with Crippen molar-refractivity contribution < 1.29 is 0 Å². The van der Waals surface area contributed by atoms with Gasteiger partial charge in [-0.15, -0.1) is 0 Å². The van der Waals surface area contributed by atoms with Crippen LogP contribution in [0.25, 0.3) is 0 Å². The number of benzene rings is 1. The maximum absolute atomic E-state index is 9.07. The van der Waals surface area contributed by atoms with E-state index in [0.29, 0.717) is 16.5 Å². The van der Waals surface area contributed by atoms with E-state index in [1.165, 1.54) is 19.4 Å². The molecule has 0 saturated carbocycles. The van der Waals surface area contributed by atoms with Gasteiger partial charge in [0.05, 0.1) is 11.3 Å². The minimum absolute atomic E-state index is 0.606. The highest BCUT2D eigenvalue weighted by atomic mass is 35.5. The van der Waals surface area contributed by atoms with E-state index in [0.717, 1.165) is 18.8 Å². The number of hydrogen-bond donors (Lipinski definition) is 1. The van der Waals surface area contributed by atoms with Gasteiger partial charge in [-0.05, 0) is 50.6 Å². The predicted octanol–water partition coefficient (Wildman–Crippen LogP) is 2.97.